The molecule has 1 aromatic heterocycles. The summed E-state index contributed by atoms with van der Waals surface area (Å²) in [6.45, 7) is 4.43. The highest BCUT2D eigenvalue weighted by molar-refractivity contribution is 9.10. The number of hydrogen-bond donors (Lipinski definition) is 2. The molecule has 0 saturated carbocycles. The van der Waals surface area contributed by atoms with Crippen LogP contribution >= 0.6 is 15.9 Å². The summed E-state index contributed by atoms with van der Waals surface area (Å²) < 4.78 is 6.49. The molecule has 134 valence electrons. The van der Waals surface area contributed by atoms with Crippen LogP contribution in [0, 0.1) is 6.92 Å². The standard InChI is InChI=1S/C19H18BrN3O3/c1-3-8-26-16-7-5-4-6-12(16)18(24)23-22-17-13-9-11(2)14(20)10-15(13)21-19(17)25/h4-7,9-10,21,25H,3,8H2,1-2H3. The predicted octanol–water partition coefficient (Wildman–Crippen LogP) is 5.66. The molecule has 26 heavy (non-hydrogen) atoms. The molecule has 0 unspecified atom stereocenters. The topological polar surface area (TPSA) is 87.0 Å². The SMILES string of the molecule is CCCOc1ccccc1C(=O)N=Nc1c(O)[nH]c2cc(Br)c(C)cc12. The molecule has 1 heterocycles. The van der Waals surface area contributed by atoms with E-state index in [0.29, 0.717) is 28.8 Å². The van der Waals surface area contributed by atoms with Gasteiger partial charge in [0.25, 0.3) is 5.91 Å². The summed E-state index contributed by atoms with van der Waals surface area (Å²) >= 11 is 3.45. The lowest BCUT2D eigenvalue weighted by Crippen LogP contribution is -2.02. The third kappa shape index (κ3) is 3.62. The van der Waals surface area contributed by atoms with Crippen molar-refractivity contribution in [3.05, 3.63) is 52.0 Å². The van der Waals surface area contributed by atoms with Crippen LogP contribution in [-0.2, 0) is 0 Å². The Balaban J connectivity index is 1.93. The molecule has 2 N–H and O–H groups in total. The van der Waals surface area contributed by atoms with Crippen molar-refractivity contribution in [3.8, 4) is 11.6 Å². The van der Waals surface area contributed by atoms with E-state index in [-0.39, 0.29) is 11.6 Å². The molecule has 0 radical (unpaired) electrons. The van der Waals surface area contributed by atoms with Gasteiger partial charge < -0.3 is 14.8 Å². The molecular formula is C19H18BrN3O3. The van der Waals surface area contributed by atoms with Crippen molar-refractivity contribution in [2.24, 2.45) is 10.2 Å². The predicted molar refractivity (Wildman–Crippen MR) is 103 cm³/mol. The number of aryl methyl sites for hydroxylation is 1. The Morgan fingerprint density at radius 1 is 1.31 bits per heavy atom. The zero-order valence-corrected chi connectivity index (χ0v) is 16.0. The Bertz CT molecular complexity index is 995. The summed E-state index contributed by atoms with van der Waals surface area (Å²) in [7, 11) is 0. The number of amides is 1. The number of hydrogen-bond acceptors (Lipinski definition) is 4. The number of azo groups is 1. The van der Waals surface area contributed by atoms with Gasteiger partial charge in [-0.3, -0.25) is 4.79 Å². The maximum Gasteiger partial charge on any atom is 0.299 e. The molecule has 2 aromatic carbocycles. The van der Waals surface area contributed by atoms with Crippen LogP contribution in [0.3, 0.4) is 0 Å². The average Bonchev–Trinajstić information content (AvgIpc) is 2.93. The number of rotatable bonds is 5. The van der Waals surface area contributed by atoms with Crippen molar-refractivity contribution in [1.82, 2.24) is 4.98 Å². The summed E-state index contributed by atoms with van der Waals surface area (Å²) in [6.07, 6.45) is 0.835. The zero-order valence-electron chi connectivity index (χ0n) is 14.4. The first kappa shape index (κ1) is 18.1. The lowest BCUT2D eigenvalue weighted by molar-refractivity contribution is 0.0991. The number of fused-ring (bicyclic) bond motifs is 1. The first-order valence-corrected chi connectivity index (χ1v) is 8.99. The summed E-state index contributed by atoms with van der Waals surface area (Å²) in [5.41, 5.74) is 2.25. The number of para-hydroxylation sites is 1. The minimum Gasteiger partial charge on any atom is -0.493 e. The van der Waals surface area contributed by atoms with E-state index in [1.165, 1.54) is 0 Å². The third-order valence-corrected chi connectivity index (χ3v) is 4.71. The van der Waals surface area contributed by atoms with Crippen molar-refractivity contribution in [2.75, 3.05) is 6.61 Å². The van der Waals surface area contributed by atoms with Gasteiger partial charge in [0.05, 0.1) is 17.7 Å². The third-order valence-electron chi connectivity index (χ3n) is 3.85. The van der Waals surface area contributed by atoms with Gasteiger partial charge >= 0.3 is 0 Å². The van der Waals surface area contributed by atoms with Crippen molar-refractivity contribution in [1.29, 1.82) is 0 Å². The second-order valence-corrected chi connectivity index (χ2v) is 6.67. The minimum atomic E-state index is -0.528. The van der Waals surface area contributed by atoms with Gasteiger partial charge in [0.1, 0.15) is 5.75 Å². The molecule has 6 nitrogen and oxygen atoms in total. The Hall–Kier alpha value is -2.67. The maximum absolute atomic E-state index is 12.5. The van der Waals surface area contributed by atoms with Gasteiger partial charge in [-0.1, -0.05) is 35.0 Å². The number of carbonyl (C=O) groups is 1. The number of ether oxygens (including phenoxy) is 1. The van der Waals surface area contributed by atoms with E-state index < -0.39 is 5.91 Å². The normalized spacial score (nSPS) is 11.3. The van der Waals surface area contributed by atoms with E-state index in [4.69, 9.17) is 4.74 Å². The van der Waals surface area contributed by atoms with Crippen molar-refractivity contribution < 1.29 is 14.6 Å². The average molecular weight is 416 g/mol. The number of carbonyl (C=O) groups excluding carboxylic acids is 1. The van der Waals surface area contributed by atoms with Gasteiger partial charge in [-0.05, 0) is 43.2 Å². The van der Waals surface area contributed by atoms with Crippen LogP contribution in [0.5, 0.6) is 11.6 Å². The van der Waals surface area contributed by atoms with Crippen LogP contribution in [0.25, 0.3) is 10.9 Å². The Morgan fingerprint density at radius 3 is 2.85 bits per heavy atom. The number of aromatic nitrogens is 1. The molecule has 0 atom stereocenters. The van der Waals surface area contributed by atoms with Gasteiger partial charge in [-0.15, -0.1) is 10.2 Å². The number of aromatic amines is 1. The fourth-order valence-corrected chi connectivity index (χ4v) is 2.87. The summed E-state index contributed by atoms with van der Waals surface area (Å²) in [4.78, 5) is 15.3. The van der Waals surface area contributed by atoms with Crippen LogP contribution < -0.4 is 4.74 Å². The molecule has 3 aromatic rings. The monoisotopic (exact) mass is 415 g/mol. The smallest absolute Gasteiger partial charge is 0.299 e. The number of halogens is 1. The number of benzene rings is 2. The van der Waals surface area contributed by atoms with Crippen molar-refractivity contribution in [3.63, 3.8) is 0 Å². The minimum absolute atomic E-state index is 0.135. The van der Waals surface area contributed by atoms with E-state index in [1.807, 2.05) is 26.0 Å². The quantitative estimate of drug-likeness (QED) is 0.527. The number of aromatic hydroxyl groups is 1. The van der Waals surface area contributed by atoms with Crippen LogP contribution in [0.1, 0.15) is 29.3 Å². The highest BCUT2D eigenvalue weighted by Gasteiger charge is 2.15. The highest BCUT2D eigenvalue weighted by Crippen LogP contribution is 2.38. The molecule has 0 bridgehead atoms. The molecule has 0 aliphatic carbocycles. The number of H-pyrrole nitrogens is 1. The molecule has 0 saturated heterocycles. The maximum atomic E-state index is 12.5. The van der Waals surface area contributed by atoms with Gasteiger partial charge in [-0.25, -0.2) is 0 Å². The van der Waals surface area contributed by atoms with E-state index in [9.17, 15) is 9.90 Å². The second-order valence-electron chi connectivity index (χ2n) is 5.82. The van der Waals surface area contributed by atoms with Crippen LogP contribution in [0.4, 0.5) is 5.69 Å². The summed E-state index contributed by atoms with van der Waals surface area (Å²) in [5.74, 6) is -0.190. The van der Waals surface area contributed by atoms with E-state index in [2.05, 4.69) is 31.1 Å². The molecule has 0 spiro atoms. The zero-order chi connectivity index (χ0) is 18.7. The highest BCUT2D eigenvalue weighted by atomic mass is 79.9. The molecule has 3 rings (SSSR count). The molecule has 0 aliphatic heterocycles. The number of nitrogens with one attached hydrogen (secondary N) is 1. The number of nitrogens with zero attached hydrogens (tertiary/aromatic N) is 2. The lowest BCUT2D eigenvalue weighted by Gasteiger charge is -2.07. The summed E-state index contributed by atoms with van der Waals surface area (Å²) in [5, 5.41) is 18.6. The van der Waals surface area contributed by atoms with Crippen molar-refractivity contribution >= 4 is 38.4 Å². The largest absolute Gasteiger partial charge is 0.493 e. The Morgan fingerprint density at radius 2 is 2.08 bits per heavy atom. The lowest BCUT2D eigenvalue weighted by atomic mass is 10.1. The fraction of sp³-hybridized carbons (Fsp3) is 0.211. The van der Waals surface area contributed by atoms with Crippen LogP contribution in [0.15, 0.2) is 51.1 Å². The first-order valence-electron chi connectivity index (χ1n) is 8.20. The molecule has 1 amide bonds. The van der Waals surface area contributed by atoms with Gasteiger partial charge in [0, 0.05) is 9.86 Å². The van der Waals surface area contributed by atoms with E-state index in [0.717, 1.165) is 16.5 Å². The molecule has 7 heteroatoms. The van der Waals surface area contributed by atoms with E-state index >= 15 is 0 Å². The van der Waals surface area contributed by atoms with Crippen molar-refractivity contribution in [2.45, 2.75) is 20.3 Å². The van der Waals surface area contributed by atoms with Gasteiger partial charge in [-0.2, -0.15) is 0 Å². The first-order chi connectivity index (χ1) is 12.5. The molecule has 0 fully saturated rings. The van der Waals surface area contributed by atoms with Crippen LogP contribution in [-0.4, -0.2) is 22.6 Å². The summed E-state index contributed by atoms with van der Waals surface area (Å²) in [6, 6.07) is 10.6. The Labute approximate surface area is 159 Å². The Kier molecular flexibility index (Phi) is 5.37. The second kappa shape index (κ2) is 7.70. The van der Waals surface area contributed by atoms with Crippen LogP contribution in [0.2, 0.25) is 0 Å². The molecular weight excluding hydrogens is 398 g/mol. The van der Waals surface area contributed by atoms with Gasteiger partial charge in [0.15, 0.2) is 5.69 Å². The fourth-order valence-electron chi connectivity index (χ4n) is 2.53. The molecule has 0 aliphatic rings. The van der Waals surface area contributed by atoms with E-state index in [1.54, 1.807) is 24.3 Å². The van der Waals surface area contributed by atoms with Gasteiger partial charge in [0.2, 0.25) is 5.88 Å².